The number of benzene rings is 2. The van der Waals surface area contributed by atoms with E-state index in [2.05, 4.69) is 10.1 Å². The van der Waals surface area contributed by atoms with Crippen LogP contribution < -0.4 is 5.73 Å². The zero-order chi connectivity index (χ0) is 15.0. The van der Waals surface area contributed by atoms with Crippen molar-refractivity contribution >= 4 is 17.3 Å². The first-order chi connectivity index (χ1) is 10.0. The predicted octanol–water partition coefficient (Wildman–Crippen LogP) is 4.09. The first kappa shape index (κ1) is 13.6. The lowest BCUT2D eigenvalue weighted by atomic mass is 10.1. The molecule has 21 heavy (non-hydrogen) atoms. The average molecular weight is 304 g/mol. The van der Waals surface area contributed by atoms with Crippen LogP contribution in [0.15, 0.2) is 40.9 Å². The third kappa shape index (κ3) is 2.60. The van der Waals surface area contributed by atoms with Gasteiger partial charge >= 0.3 is 0 Å². The molecule has 0 aliphatic rings. The van der Waals surface area contributed by atoms with E-state index in [0.717, 1.165) is 11.1 Å². The number of nitrogens with two attached hydrogens (primary N) is 1. The third-order valence-electron chi connectivity index (χ3n) is 3.12. The van der Waals surface area contributed by atoms with Crippen LogP contribution in [0.1, 0.15) is 5.56 Å². The molecule has 1 aromatic heterocycles. The molecule has 0 saturated heterocycles. The van der Waals surface area contributed by atoms with Gasteiger partial charge in [-0.05, 0) is 48.9 Å². The van der Waals surface area contributed by atoms with Crippen LogP contribution in [0.2, 0.25) is 5.02 Å². The number of aryl methyl sites for hydroxylation is 1. The highest BCUT2D eigenvalue weighted by Gasteiger charge is 2.12. The van der Waals surface area contributed by atoms with Gasteiger partial charge in [0.2, 0.25) is 5.82 Å². The summed E-state index contributed by atoms with van der Waals surface area (Å²) >= 11 is 5.75. The van der Waals surface area contributed by atoms with Crippen molar-refractivity contribution in [3.8, 4) is 22.8 Å². The van der Waals surface area contributed by atoms with Crippen molar-refractivity contribution in [3.63, 3.8) is 0 Å². The molecule has 6 heteroatoms. The van der Waals surface area contributed by atoms with Gasteiger partial charge in [0.05, 0.1) is 5.02 Å². The Kier molecular flexibility index (Phi) is 3.35. The van der Waals surface area contributed by atoms with Crippen LogP contribution in [0.25, 0.3) is 22.8 Å². The minimum absolute atomic E-state index is 0.0159. The highest BCUT2D eigenvalue weighted by atomic mass is 35.5. The topological polar surface area (TPSA) is 64.9 Å². The highest BCUT2D eigenvalue weighted by Crippen LogP contribution is 2.26. The zero-order valence-electron chi connectivity index (χ0n) is 11.1. The summed E-state index contributed by atoms with van der Waals surface area (Å²) in [7, 11) is 0. The Morgan fingerprint density at radius 1 is 1.14 bits per heavy atom. The Morgan fingerprint density at radius 2 is 1.90 bits per heavy atom. The molecule has 0 spiro atoms. The number of nitrogens with zero attached hydrogens (tertiary/aromatic N) is 2. The Hall–Kier alpha value is -2.40. The van der Waals surface area contributed by atoms with E-state index in [4.69, 9.17) is 21.9 Å². The van der Waals surface area contributed by atoms with Gasteiger partial charge in [0.25, 0.3) is 5.89 Å². The van der Waals surface area contributed by atoms with Gasteiger partial charge in [-0.2, -0.15) is 4.98 Å². The largest absolute Gasteiger partial charge is 0.399 e. The van der Waals surface area contributed by atoms with Gasteiger partial charge in [-0.1, -0.05) is 16.8 Å². The molecule has 0 atom stereocenters. The Morgan fingerprint density at radius 3 is 2.62 bits per heavy atom. The lowest BCUT2D eigenvalue weighted by Gasteiger charge is -2.00. The van der Waals surface area contributed by atoms with Crippen LogP contribution in [-0.4, -0.2) is 10.1 Å². The molecule has 0 aliphatic heterocycles. The highest BCUT2D eigenvalue weighted by molar-refractivity contribution is 6.31. The Bertz CT molecular complexity index is 750. The van der Waals surface area contributed by atoms with E-state index < -0.39 is 5.82 Å². The number of halogens is 2. The summed E-state index contributed by atoms with van der Waals surface area (Å²) in [5.41, 5.74) is 8.76. The molecule has 1 heterocycles. The lowest BCUT2D eigenvalue weighted by Crippen LogP contribution is -1.89. The number of rotatable bonds is 2. The van der Waals surface area contributed by atoms with E-state index in [1.54, 1.807) is 18.2 Å². The fourth-order valence-electron chi connectivity index (χ4n) is 1.90. The molecule has 4 nitrogen and oxygen atoms in total. The maximum atomic E-state index is 13.2. The van der Waals surface area contributed by atoms with Crippen LogP contribution in [0.5, 0.6) is 0 Å². The molecule has 0 aliphatic carbocycles. The minimum atomic E-state index is -0.488. The Labute approximate surface area is 125 Å². The first-order valence-electron chi connectivity index (χ1n) is 6.20. The summed E-state index contributed by atoms with van der Waals surface area (Å²) < 4.78 is 18.4. The second-order valence-corrected chi connectivity index (χ2v) is 5.03. The summed E-state index contributed by atoms with van der Waals surface area (Å²) in [4.78, 5) is 4.29. The molecule has 0 saturated carbocycles. The van der Waals surface area contributed by atoms with Crippen LogP contribution in [-0.2, 0) is 0 Å². The van der Waals surface area contributed by atoms with Gasteiger partial charge in [-0.15, -0.1) is 0 Å². The van der Waals surface area contributed by atoms with Crippen molar-refractivity contribution in [1.82, 2.24) is 10.1 Å². The van der Waals surface area contributed by atoms with Gasteiger partial charge < -0.3 is 10.3 Å². The molecule has 106 valence electrons. The number of hydrogen-bond donors (Lipinski definition) is 1. The lowest BCUT2D eigenvalue weighted by molar-refractivity contribution is 0.432. The van der Waals surface area contributed by atoms with E-state index in [1.807, 2.05) is 13.0 Å². The SMILES string of the molecule is Cc1cc(-c2nc(-c3ccc(F)c(Cl)c3)no2)ccc1N. The molecular formula is C15H11ClFN3O. The van der Waals surface area contributed by atoms with Crippen LogP contribution >= 0.6 is 11.6 Å². The molecule has 0 amide bonds. The van der Waals surface area contributed by atoms with Gasteiger partial charge in [-0.3, -0.25) is 0 Å². The molecule has 0 radical (unpaired) electrons. The van der Waals surface area contributed by atoms with Crippen LogP contribution in [0.3, 0.4) is 0 Å². The quantitative estimate of drug-likeness (QED) is 0.724. The average Bonchev–Trinajstić information content (AvgIpc) is 2.94. The fraction of sp³-hybridized carbons (Fsp3) is 0.0667. The monoisotopic (exact) mass is 303 g/mol. The van der Waals surface area contributed by atoms with Crippen molar-refractivity contribution in [1.29, 1.82) is 0 Å². The van der Waals surface area contributed by atoms with E-state index >= 15 is 0 Å². The van der Waals surface area contributed by atoms with E-state index in [-0.39, 0.29) is 5.02 Å². The molecule has 3 aromatic rings. The van der Waals surface area contributed by atoms with Crippen LogP contribution in [0.4, 0.5) is 10.1 Å². The summed E-state index contributed by atoms with van der Waals surface area (Å²) in [5, 5.41) is 3.90. The van der Waals surface area contributed by atoms with Crippen molar-refractivity contribution in [2.45, 2.75) is 6.92 Å². The second kappa shape index (κ2) is 5.18. The third-order valence-corrected chi connectivity index (χ3v) is 3.41. The molecule has 2 N–H and O–H groups in total. The van der Waals surface area contributed by atoms with Crippen molar-refractivity contribution in [2.24, 2.45) is 0 Å². The standard InChI is InChI=1S/C15H11ClFN3O/c1-8-6-10(3-5-13(8)18)15-19-14(20-21-15)9-2-4-12(17)11(16)7-9/h2-7H,18H2,1H3. The van der Waals surface area contributed by atoms with Gasteiger partial charge in [0.1, 0.15) is 5.82 Å². The number of nitrogen functional groups attached to an aromatic ring is 1. The molecule has 0 unspecified atom stereocenters. The van der Waals surface area contributed by atoms with Gasteiger partial charge in [0, 0.05) is 16.8 Å². The number of aromatic nitrogens is 2. The van der Waals surface area contributed by atoms with Crippen LogP contribution in [0, 0.1) is 12.7 Å². The van der Waals surface area contributed by atoms with Crippen molar-refractivity contribution < 1.29 is 8.91 Å². The summed E-state index contributed by atoms with van der Waals surface area (Å²) in [6, 6.07) is 9.72. The smallest absolute Gasteiger partial charge is 0.258 e. The predicted molar refractivity (Wildman–Crippen MR) is 79.3 cm³/mol. The van der Waals surface area contributed by atoms with E-state index in [1.165, 1.54) is 12.1 Å². The summed E-state index contributed by atoms with van der Waals surface area (Å²) in [5.74, 6) is 0.230. The number of hydrogen-bond acceptors (Lipinski definition) is 4. The van der Waals surface area contributed by atoms with E-state index in [9.17, 15) is 4.39 Å². The maximum absolute atomic E-state index is 13.2. The van der Waals surface area contributed by atoms with Crippen molar-refractivity contribution in [3.05, 3.63) is 52.8 Å². The summed E-state index contributed by atoms with van der Waals surface area (Å²) in [6.07, 6.45) is 0. The molecular weight excluding hydrogens is 293 g/mol. The van der Waals surface area contributed by atoms with E-state index in [0.29, 0.717) is 23.0 Å². The second-order valence-electron chi connectivity index (χ2n) is 4.62. The zero-order valence-corrected chi connectivity index (χ0v) is 11.9. The Balaban J connectivity index is 1.99. The summed E-state index contributed by atoms with van der Waals surface area (Å²) in [6.45, 7) is 1.90. The van der Waals surface area contributed by atoms with Crippen molar-refractivity contribution in [2.75, 3.05) is 5.73 Å². The molecule has 2 aromatic carbocycles. The maximum Gasteiger partial charge on any atom is 0.258 e. The van der Waals surface area contributed by atoms with Gasteiger partial charge in [0.15, 0.2) is 0 Å². The molecule has 0 fully saturated rings. The minimum Gasteiger partial charge on any atom is -0.399 e. The fourth-order valence-corrected chi connectivity index (χ4v) is 2.08. The normalized spacial score (nSPS) is 10.8. The number of anilines is 1. The first-order valence-corrected chi connectivity index (χ1v) is 6.58. The van der Waals surface area contributed by atoms with Gasteiger partial charge in [-0.25, -0.2) is 4.39 Å². The molecule has 0 bridgehead atoms. The molecule has 3 rings (SSSR count).